The standard InChI is InChI=1S/C22H22N2O7/c1-14-3-2-8-23(11-14)17-6-4-16(9-18(17)24(27)28)22(26)29-12-19(25)15-5-7-20-21(10-15)31-13-30-20/h4-7,9-10,14H,2-3,8,11-13H2,1H3/t14-/m0/s1. The largest absolute Gasteiger partial charge is 0.454 e. The van der Waals surface area contributed by atoms with Gasteiger partial charge in [-0.1, -0.05) is 6.92 Å². The van der Waals surface area contributed by atoms with Crippen molar-refractivity contribution >= 4 is 23.1 Å². The molecule has 4 rings (SSSR count). The second-order valence-corrected chi connectivity index (χ2v) is 7.72. The zero-order chi connectivity index (χ0) is 22.0. The van der Waals surface area contributed by atoms with Gasteiger partial charge in [0.15, 0.2) is 23.9 Å². The van der Waals surface area contributed by atoms with E-state index in [0.29, 0.717) is 28.7 Å². The van der Waals surface area contributed by atoms with E-state index in [1.807, 2.05) is 4.90 Å². The lowest BCUT2D eigenvalue weighted by molar-refractivity contribution is -0.384. The molecule has 0 bridgehead atoms. The molecule has 0 amide bonds. The molecule has 0 N–H and O–H groups in total. The molecule has 0 aromatic heterocycles. The molecule has 9 nitrogen and oxygen atoms in total. The Balaban J connectivity index is 1.45. The number of piperidine rings is 1. The first kappa shape index (κ1) is 20.6. The molecular weight excluding hydrogens is 404 g/mol. The summed E-state index contributed by atoms with van der Waals surface area (Å²) < 4.78 is 15.5. The number of fused-ring (bicyclic) bond motifs is 1. The highest BCUT2D eigenvalue weighted by Gasteiger charge is 2.26. The second kappa shape index (κ2) is 8.63. The van der Waals surface area contributed by atoms with Crippen LogP contribution in [-0.4, -0.2) is 43.2 Å². The van der Waals surface area contributed by atoms with Gasteiger partial charge < -0.3 is 19.1 Å². The predicted octanol–water partition coefficient (Wildman–Crippen LogP) is 3.60. The molecule has 31 heavy (non-hydrogen) atoms. The highest BCUT2D eigenvalue weighted by atomic mass is 16.7. The smallest absolute Gasteiger partial charge is 0.338 e. The van der Waals surface area contributed by atoms with Crippen LogP contribution in [0.25, 0.3) is 0 Å². The van der Waals surface area contributed by atoms with Crippen LogP contribution in [0.1, 0.15) is 40.5 Å². The Bertz CT molecular complexity index is 1040. The van der Waals surface area contributed by atoms with Gasteiger partial charge in [0.05, 0.1) is 10.5 Å². The lowest BCUT2D eigenvalue weighted by Gasteiger charge is -2.32. The van der Waals surface area contributed by atoms with Gasteiger partial charge in [0.1, 0.15) is 5.69 Å². The Morgan fingerprint density at radius 3 is 2.71 bits per heavy atom. The van der Waals surface area contributed by atoms with E-state index in [-0.39, 0.29) is 18.0 Å². The fraction of sp³-hybridized carbons (Fsp3) is 0.364. The van der Waals surface area contributed by atoms with Crippen LogP contribution in [0.3, 0.4) is 0 Å². The van der Waals surface area contributed by atoms with Crippen molar-refractivity contribution in [2.24, 2.45) is 5.92 Å². The van der Waals surface area contributed by atoms with Gasteiger partial charge in [0.2, 0.25) is 6.79 Å². The van der Waals surface area contributed by atoms with Gasteiger partial charge in [-0.3, -0.25) is 14.9 Å². The summed E-state index contributed by atoms with van der Waals surface area (Å²) in [5, 5.41) is 11.6. The van der Waals surface area contributed by atoms with Gasteiger partial charge in [-0.05, 0) is 49.1 Å². The van der Waals surface area contributed by atoms with Crippen molar-refractivity contribution in [2.75, 3.05) is 31.4 Å². The van der Waals surface area contributed by atoms with Crippen LogP contribution in [0.4, 0.5) is 11.4 Å². The maximum absolute atomic E-state index is 12.4. The normalized spacial score (nSPS) is 17.3. The zero-order valence-electron chi connectivity index (χ0n) is 17.0. The number of anilines is 1. The van der Waals surface area contributed by atoms with Crippen LogP contribution in [0.5, 0.6) is 11.5 Å². The Morgan fingerprint density at radius 2 is 1.94 bits per heavy atom. The summed E-state index contributed by atoms with van der Waals surface area (Å²) in [4.78, 5) is 37.9. The maximum Gasteiger partial charge on any atom is 0.338 e. The summed E-state index contributed by atoms with van der Waals surface area (Å²) in [6, 6.07) is 8.98. The minimum Gasteiger partial charge on any atom is -0.454 e. The third-order valence-electron chi connectivity index (χ3n) is 5.43. The van der Waals surface area contributed by atoms with Gasteiger partial charge in [0.25, 0.3) is 5.69 Å². The highest BCUT2D eigenvalue weighted by molar-refractivity contribution is 6.00. The minimum absolute atomic E-state index is 0.0268. The van der Waals surface area contributed by atoms with Crippen LogP contribution in [0.2, 0.25) is 0 Å². The van der Waals surface area contributed by atoms with Crippen LogP contribution in [0, 0.1) is 16.0 Å². The third kappa shape index (κ3) is 4.45. The van der Waals surface area contributed by atoms with Crippen molar-refractivity contribution in [2.45, 2.75) is 19.8 Å². The number of nitro benzene ring substituents is 1. The van der Waals surface area contributed by atoms with Gasteiger partial charge in [-0.25, -0.2) is 4.79 Å². The molecule has 0 radical (unpaired) electrons. The number of Topliss-reactive ketones (excluding diaryl/α,β-unsaturated/α-hetero) is 1. The van der Waals surface area contributed by atoms with Crippen LogP contribution >= 0.6 is 0 Å². The van der Waals surface area contributed by atoms with E-state index in [2.05, 4.69) is 6.92 Å². The predicted molar refractivity (Wildman–Crippen MR) is 111 cm³/mol. The highest BCUT2D eigenvalue weighted by Crippen LogP contribution is 2.34. The third-order valence-corrected chi connectivity index (χ3v) is 5.43. The molecule has 2 aromatic carbocycles. The van der Waals surface area contributed by atoms with E-state index in [4.69, 9.17) is 14.2 Å². The van der Waals surface area contributed by atoms with Gasteiger partial charge >= 0.3 is 5.97 Å². The average molecular weight is 426 g/mol. The van der Waals surface area contributed by atoms with E-state index >= 15 is 0 Å². The number of hydrogen-bond donors (Lipinski definition) is 0. The summed E-state index contributed by atoms with van der Waals surface area (Å²) in [6.45, 7) is 3.18. The molecule has 9 heteroatoms. The minimum atomic E-state index is -0.796. The first-order chi connectivity index (χ1) is 14.9. The number of carbonyl (C=O) groups excluding carboxylic acids is 2. The SMILES string of the molecule is C[C@H]1CCCN(c2ccc(C(=O)OCC(=O)c3ccc4c(c3)OCO4)cc2[N+](=O)[O-])C1. The molecule has 2 aromatic rings. The summed E-state index contributed by atoms with van der Waals surface area (Å²) >= 11 is 0. The molecule has 1 fully saturated rings. The topological polar surface area (TPSA) is 108 Å². The lowest BCUT2D eigenvalue weighted by atomic mass is 9.99. The molecule has 1 saturated heterocycles. The number of benzene rings is 2. The van der Waals surface area contributed by atoms with E-state index in [9.17, 15) is 19.7 Å². The summed E-state index contributed by atoms with van der Waals surface area (Å²) in [5.74, 6) is 0.232. The van der Waals surface area contributed by atoms with E-state index in [1.165, 1.54) is 18.2 Å². The van der Waals surface area contributed by atoms with Crippen molar-refractivity contribution in [3.8, 4) is 11.5 Å². The van der Waals surface area contributed by atoms with E-state index < -0.39 is 23.3 Å². The van der Waals surface area contributed by atoms with E-state index in [0.717, 1.165) is 25.9 Å². The summed E-state index contributed by atoms with van der Waals surface area (Å²) in [5.41, 5.74) is 0.687. The van der Waals surface area contributed by atoms with Crippen LogP contribution in [-0.2, 0) is 4.74 Å². The van der Waals surface area contributed by atoms with E-state index in [1.54, 1.807) is 18.2 Å². The molecule has 1 atom stereocenters. The van der Waals surface area contributed by atoms with Crippen molar-refractivity contribution < 1.29 is 28.7 Å². The van der Waals surface area contributed by atoms with Crippen molar-refractivity contribution in [1.29, 1.82) is 0 Å². The number of nitrogens with zero attached hydrogens (tertiary/aromatic N) is 2. The number of ketones is 1. The molecule has 0 aliphatic carbocycles. The number of carbonyl (C=O) groups is 2. The van der Waals surface area contributed by atoms with Gasteiger partial charge in [-0.2, -0.15) is 0 Å². The second-order valence-electron chi connectivity index (χ2n) is 7.72. The lowest BCUT2D eigenvalue weighted by Crippen LogP contribution is -2.34. The molecule has 0 saturated carbocycles. The summed E-state index contributed by atoms with van der Waals surface area (Å²) in [7, 11) is 0. The monoisotopic (exact) mass is 426 g/mol. The quantitative estimate of drug-likeness (QED) is 0.298. The number of esters is 1. The Morgan fingerprint density at radius 1 is 1.16 bits per heavy atom. The van der Waals surface area contributed by atoms with Gasteiger partial charge in [-0.15, -0.1) is 0 Å². The fourth-order valence-electron chi connectivity index (χ4n) is 3.84. The average Bonchev–Trinajstić information content (AvgIpc) is 3.24. The number of hydrogen-bond acceptors (Lipinski definition) is 8. The molecule has 0 unspecified atom stereocenters. The molecule has 2 aliphatic rings. The summed E-state index contributed by atoms with van der Waals surface area (Å²) in [6.07, 6.45) is 2.05. The molecular formula is C22H22N2O7. The van der Waals surface area contributed by atoms with Crippen LogP contribution < -0.4 is 14.4 Å². The van der Waals surface area contributed by atoms with Gasteiger partial charge in [0, 0.05) is 24.7 Å². The van der Waals surface area contributed by atoms with Crippen molar-refractivity contribution in [3.63, 3.8) is 0 Å². The van der Waals surface area contributed by atoms with Crippen LogP contribution in [0.15, 0.2) is 36.4 Å². The van der Waals surface area contributed by atoms with Crippen molar-refractivity contribution in [1.82, 2.24) is 0 Å². The Hall–Kier alpha value is -3.62. The molecule has 2 aliphatic heterocycles. The zero-order valence-corrected chi connectivity index (χ0v) is 17.0. The number of rotatable bonds is 6. The molecule has 2 heterocycles. The number of ether oxygens (including phenoxy) is 3. The Kier molecular flexibility index (Phi) is 5.75. The maximum atomic E-state index is 12.4. The van der Waals surface area contributed by atoms with Crippen molar-refractivity contribution in [3.05, 3.63) is 57.6 Å². The molecule has 162 valence electrons. The molecule has 0 spiro atoms. The first-order valence-corrected chi connectivity index (χ1v) is 10.1. The number of nitro groups is 1. The Labute approximate surface area is 178 Å². The fourth-order valence-corrected chi connectivity index (χ4v) is 3.84. The first-order valence-electron chi connectivity index (χ1n) is 10.1.